The molecule has 0 aromatic heterocycles. The monoisotopic (exact) mass is 274 g/mol. The van der Waals surface area contributed by atoms with E-state index in [-0.39, 0.29) is 18.4 Å². The predicted octanol–water partition coefficient (Wildman–Crippen LogP) is 2.02. The van der Waals surface area contributed by atoms with Gasteiger partial charge in [-0.1, -0.05) is 6.07 Å². The number of hydrogen-bond acceptors (Lipinski definition) is 3. The van der Waals surface area contributed by atoms with Crippen LogP contribution in [0.1, 0.15) is 25.7 Å². The van der Waals surface area contributed by atoms with Gasteiger partial charge in [0.05, 0.1) is 0 Å². The summed E-state index contributed by atoms with van der Waals surface area (Å²) in [7, 11) is 0. The molecule has 0 saturated carbocycles. The van der Waals surface area contributed by atoms with Crippen LogP contribution in [0.3, 0.4) is 0 Å². The first-order valence-corrected chi connectivity index (χ1v) is 7.54. The molecule has 1 unspecified atom stereocenters. The largest absolute Gasteiger partial charge is 0.396 e. The molecule has 4 heteroatoms. The molecule has 0 bridgehead atoms. The summed E-state index contributed by atoms with van der Waals surface area (Å²) in [6, 6.07) is 8.26. The minimum Gasteiger partial charge on any atom is -0.396 e. The van der Waals surface area contributed by atoms with Gasteiger partial charge in [-0.2, -0.15) is 0 Å². The molecule has 1 N–H and O–H groups in total. The molecule has 3 rings (SSSR count). The Hall–Kier alpha value is -1.55. The van der Waals surface area contributed by atoms with Crippen LogP contribution in [0, 0.1) is 5.92 Å². The van der Waals surface area contributed by atoms with E-state index in [1.807, 2.05) is 17.0 Å². The highest BCUT2D eigenvalue weighted by molar-refractivity contribution is 5.96. The van der Waals surface area contributed by atoms with Crippen LogP contribution in [-0.2, 0) is 4.79 Å². The second-order valence-electron chi connectivity index (χ2n) is 5.82. The van der Waals surface area contributed by atoms with Gasteiger partial charge >= 0.3 is 0 Å². The molecule has 20 heavy (non-hydrogen) atoms. The minimum absolute atomic E-state index is 0.0844. The van der Waals surface area contributed by atoms with Gasteiger partial charge in [0.2, 0.25) is 5.91 Å². The summed E-state index contributed by atoms with van der Waals surface area (Å²) in [5.41, 5.74) is 2.18. The Balaban J connectivity index is 1.78. The standard InChI is InChI=1S/C16H22N2O2/c19-12-13-9-16(20)18(11-13)15-6-4-5-14(10-15)17-7-2-1-3-8-17/h4-6,10,13,19H,1-3,7-9,11-12H2. The Bertz CT molecular complexity index is 483. The maximum atomic E-state index is 12.0. The lowest BCUT2D eigenvalue weighted by atomic mass is 10.1. The molecule has 2 aliphatic rings. The molecule has 0 aliphatic carbocycles. The van der Waals surface area contributed by atoms with Gasteiger partial charge < -0.3 is 14.9 Å². The normalized spacial score (nSPS) is 23.4. The van der Waals surface area contributed by atoms with E-state index in [4.69, 9.17) is 0 Å². The van der Waals surface area contributed by atoms with Gasteiger partial charge in [0.1, 0.15) is 0 Å². The zero-order valence-corrected chi connectivity index (χ0v) is 11.8. The van der Waals surface area contributed by atoms with Crippen molar-refractivity contribution < 1.29 is 9.90 Å². The second kappa shape index (κ2) is 5.83. The summed E-state index contributed by atoms with van der Waals surface area (Å²) < 4.78 is 0. The smallest absolute Gasteiger partial charge is 0.227 e. The van der Waals surface area contributed by atoms with Gasteiger partial charge in [-0.3, -0.25) is 4.79 Å². The molecular formula is C16H22N2O2. The van der Waals surface area contributed by atoms with E-state index in [1.54, 1.807) is 0 Å². The van der Waals surface area contributed by atoms with Crippen LogP contribution in [-0.4, -0.2) is 37.3 Å². The molecule has 108 valence electrons. The first-order chi connectivity index (χ1) is 9.78. The summed E-state index contributed by atoms with van der Waals surface area (Å²) in [6.07, 6.45) is 4.28. The number of carbonyl (C=O) groups excluding carboxylic acids is 1. The van der Waals surface area contributed by atoms with E-state index in [0.29, 0.717) is 13.0 Å². The number of piperidine rings is 1. The highest BCUT2D eigenvalue weighted by Crippen LogP contribution is 2.29. The zero-order chi connectivity index (χ0) is 13.9. The fraction of sp³-hybridized carbons (Fsp3) is 0.562. The van der Waals surface area contributed by atoms with Crippen molar-refractivity contribution in [1.82, 2.24) is 0 Å². The third-order valence-electron chi connectivity index (χ3n) is 4.33. The fourth-order valence-corrected chi connectivity index (χ4v) is 3.16. The molecule has 0 radical (unpaired) electrons. The number of aliphatic hydroxyl groups excluding tert-OH is 1. The Morgan fingerprint density at radius 2 is 1.90 bits per heavy atom. The average molecular weight is 274 g/mol. The van der Waals surface area contributed by atoms with E-state index < -0.39 is 0 Å². The molecule has 2 aliphatic heterocycles. The number of benzene rings is 1. The van der Waals surface area contributed by atoms with Crippen LogP contribution >= 0.6 is 0 Å². The second-order valence-corrected chi connectivity index (χ2v) is 5.82. The van der Waals surface area contributed by atoms with Crippen LogP contribution in [0.2, 0.25) is 0 Å². The third-order valence-corrected chi connectivity index (χ3v) is 4.33. The Morgan fingerprint density at radius 3 is 2.60 bits per heavy atom. The first-order valence-electron chi connectivity index (χ1n) is 7.54. The number of hydrogen-bond donors (Lipinski definition) is 1. The predicted molar refractivity (Wildman–Crippen MR) is 80.1 cm³/mol. The van der Waals surface area contributed by atoms with Crippen molar-refractivity contribution in [2.45, 2.75) is 25.7 Å². The van der Waals surface area contributed by atoms with E-state index >= 15 is 0 Å². The van der Waals surface area contributed by atoms with Crippen molar-refractivity contribution in [2.24, 2.45) is 5.92 Å². The topological polar surface area (TPSA) is 43.8 Å². The fourth-order valence-electron chi connectivity index (χ4n) is 3.16. The number of amides is 1. The van der Waals surface area contributed by atoms with Crippen LogP contribution < -0.4 is 9.80 Å². The van der Waals surface area contributed by atoms with Gasteiger partial charge in [-0.25, -0.2) is 0 Å². The maximum absolute atomic E-state index is 12.0. The summed E-state index contributed by atoms with van der Waals surface area (Å²) in [5.74, 6) is 0.209. The number of rotatable bonds is 3. The lowest BCUT2D eigenvalue weighted by Gasteiger charge is -2.29. The van der Waals surface area contributed by atoms with Gasteiger partial charge in [0.15, 0.2) is 0 Å². The van der Waals surface area contributed by atoms with E-state index in [2.05, 4.69) is 17.0 Å². The van der Waals surface area contributed by atoms with Crippen molar-refractivity contribution in [3.05, 3.63) is 24.3 Å². The van der Waals surface area contributed by atoms with Gasteiger partial charge in [0.25, 0.3) is 0 Å². The van der Waals surface area contributed by atoms with Gasteiger partial charge in [-0.15, -0.1) is 0 Å². The molecule has 2 heterocycles. The first kappa shape index (κ1) is 13.4. The summed E-state index contributed by atoms with van der Waals surface area (Å²) >= 11 is 0. The number of carbonyl (C=O) groups is 1. The number of nitrogens with zero attached hydrogens (tertiary/aromatic N) is 2. The van der Waals surface area contributed by atoms with Crippen LogP contribution in [0.25, 0.3) is 0 Å². The van der Waals surface area contributed by atoms with Gasteiger partial charge in [0, 0.05) is 50.0 Å². The van der Waals surface area contributed by atoms with E-state index in [0.717, 1.165) is 18.8 Å². The highest BCUT2D eigenvalue weighted by Gasteiger charge is 2.30. The van der Waals surface area contributed by atoms with E-state index in [1.165, 1.54) is 24.9 Å². The SMILES string of the molecule is O=C1CC(CO)CN1c1cccc(N2CCCCC2)c1. The van der Waals surface area contributed by atoms with Crippen LogP contribution in [0.4, 0.5) is 11.4 Å². The molecule has 0 spiro atoms. The van der Waals surface area contributed by atoms with Crippen LogP contribution in [0.15, 0.2) is 24.3 Å². The molecule has 2 fully saturated rings. The van der Waals surface area contributed by atoms with Crippen LogP contribution in [0.5, 0.6) is 0 Å². The highest BCUT2D eigenvalue weighted by atomic mass is 16.3. The summed E-state index contributed by atoms with van der Waals surface area (Å²) in [6.45, 7) is 2.94. The minimum atomic E-state index is 0.0844. The molecule has 2 saturated heterocycles. The van der Waals surface area contributed by atoms with Crippen molar-refractivity contribution in [3.63, 3.8) is 0 Å². The van der Waals surface area contributed by atoms with Crippen molar-refractivity contribution >= 4 is 17.3 Å². The lowest BCUT2D eigenvalue weighted by molar-refractivity contribution is -0.117. The van der Waals surface area contributed by atoms with Crippen molar-refractivity contribution in [3.8, 4) is 0 Å². The molecular weight excluding hydrogens is 252 g/mol. The Labute approximate surface area is 120 Å². The molecule has 1 aromatic carbocycles. The quantitative estimate of drug-likeness (QED) is 0.917. The Kier molecular flexibility index (Phi) is 3.92. The van der Waals surface area contributed by atoms with E-state index in [9.17, 15) is 9.90 Å². The van der Waals surface area contributed by atoms with Gasteiger partial charge in [-0.05, 0) is 37.5 Å². The van der Waals surface area contributed by atoms with Crippen molar-refractivity contribution in [2.75, 3.05) is 36.0 Å². The summed E-state index contributed by atoms with van der Waals surface area (Å²) in [4.78, 5) is 16.2. The number of anilines is 2. The molecule has 1 atom stereocenters. The number of aliphatic hydroxyl groups is 1. The molecule has 1 aromatic rings. The average Bonchev–Trinajstić information content (AvgIpc) is 2.89. The maximum Gasteiger partial charge on any atom is 0.227 e. The molecule has 1 amide bonds. The summed E-state index contributed by atoms with van der Waals surface area (Å²) in [5, 5.41) is 9.22. The Morgan fingerprint density at radius 1 is 1.15 bits per heavy atom. The zero-order valence-electron chi connectivity index (χ0n) is 11.8. The molecule has 4 nitrogen and oxygen atoms in total. The van der Waals surface area contributed by atoms with Crippen molar-refractivity contribution in [1.29, 1.82) is 0 Å². The lowest BCUT2D eigenvalue weighted by Crippen LogP contribution is -2.30. The third kappa shape index (κ3) is 2.66.